The van der Waals surface area contributed by atoms with Crippen LogP contribution in [-0.2, 0) is 5.66 Å². The maximum absolute atomic E-state index is 10.8. The van der Waals surface area contributed by atoms with Crippen molar-refractivity contribution in [3.05, 3.63) is 70.3 Å². The van der Waals surface area contributed by atoms with Crippen LogP contribution in [0.25, 0.3) is 0 Å². The SMILES string of the molecule is CN1CCN(c2ccc([N+](=O)[O-])cc2)C1(C#N)c1ccccc1. The molecule has 1 aliphatic heterocycles. The van der Waals surface area contributed by atoms with Gasteiger partial charge in [0, 0.05) is 36.5 Å². The molecule has 2 aromatic rings. The molecule has 1 aliphatic rings. The molecule has 1 heterocycles. The highest BCUT2D eigenvalue weighted by atomic mass is 16.6. The number of nitro groups is 1. The quantitative estimate of drug-likeness (QED) is 0.644. The van der Waals surface area contributed by atoms with Crippen molar-refractivity contribution in [3.8, 4) is 6.07 Å². The molecule has 3 rings (SSSR count). The maximum Gasteiger partial charge on any atom is 0.269 e. The van der Waals surface area contributed by atoms with Crippen LogP contribution in [0.15, 0.2) is 54.6 Å². The number of hydrogen-bond acceptors (Lipinski definition) is 5. The number of likely N-dealkylation sites (N-methyl/N-ethyl adjacent to an activating group) is 1. The molecule has 0 spiro atoms. The predicted octanol–water partition coefficient (Wildman–Crippen LogP) is 2.72. The highest BCUT2D eigenvalue weighted by Gasteiger charge is 2.47. The molecule has 0 N–H and O–H groups in total. The number of benzene rings is 2. The summed E-state index contributed by atoms with van der Waals surface area (Å²) in [7, 11) is 1.92. The average Bonchev–Trinajstić information content (AvgIpc) is 2.93. The molecule has 2 aromatic carbocycles. The number of non-ortho nitro benzene ring substituents is 1. The number of anilines is 1. The lowest BCUT2D eigenvalue weighted by atomic mass is 9.98. The molecule has 23 heavy (non-hydrogen) atoms. The van der Waals surface area contributed by atoms with Gasteiger partial charge in [-0.25, -0.2) is 0 Å². The van der Waals surface area contributed by atoms with E-state index in [2.05, 4.69) is 6.07 Å². The Labute approximate surface area is 134 Å². The Kier molecular flexibility index (Phi) is 3.72. The standard InChI is InChI=1S/C17H16N4O2/c1-19-11-12-20(15-7-9-16(10-8-15)21(22)23)17(19,13-18)14-5-3-2-4-6-14/h2-10H,11-12H2,1H3. The second kappa shape index (κ2) is 5.71. The molecule has 1 atom stereocenters. The summed E-state index contributed by atoms with van der Waals surface area (Å²) in [6.07, 6.45) is 0. The summed E-state index contributed by atoms with van der Waals surface area (Å²) in [5.41, 5.74) is 0.826. The first kappa shape index (κ1) is 15.0. The zero-order valence-corrected chi connectivity index (χ0v) is 12.7. The Morgan fingerprint density at radius 3 is 2.35 bits per heavy atom. The van der Waals surface area contributed by atoms with Gasteiger partial charge in [0.2, 0.25) is 5.66 Å². The molecule has 0 saturated carbocycles. The molecule has 0 bridgehead atoms. The molecule has 1 unspecified atom stereocenters. The number of nitriles is 1. The van der Waals surface area contributed by atoms with E-state index in [-0.39, 0.29) is 5.69 Å². The van der Waals surface area contributed by atoms with Gasteiger partial charge in [0.25, 0.3) is 5.69 Å². The van der Waals surface area contributed by atoms with Crippen LogP contribution in [0.3, 0.4) is 0 Å². The summed E-state index contributed by atoms with van der Waals surface area (Å²) < 4.78 is 0. The van der Waals surface area contributed by atoms with Crippen LogP contribution >= 0.6 is 0 Å². The largest absolute Gasteiger partial charge is 0.336 e. The smallest absolute Gasteiger partial charge is 0.269 e. The zero-order chi connectivity index (χ0) is 16.4. The van der Waals surface area contributed by atoms with E-state index in [9.17, 15) is 15.4 Å². The van der Waals surface area contributed by atoms with Crippen LogP contribution in [0.5, 0.6) is 0 Å². The van der Waals surface area contributed by atoms with E-state index in [1.165, 1.54) is 12.1 Å². The van der Waals surface area contributed by atoms with E-state index in [0.29, 0.717) is 6.54 Å². The zero-order valence-electron chi connectivity index (χ0n) is 12.7. The van der Waals surface area contributed by atoms with Crippen LogP contribution < -0.4 is 4.90 Å². The average molecular weight is 308 g/mol. The predicted molar refractivity (Wildman–Crippen MR) is 86.8 cm³/mol. The van der Waals surface area contributed by atoms with Crippen molar-refractivity contribution in [3.63, 3.8) is 0 Å². The number of nitro benzene ring substituents is 1. The van der Waals surface area contributed by atoms with Gasteiger partial charge in [-0.1, -0.05) is 30.3 Å². The molecular formula is C17H16N4O2. The summed E-state index contributed by atoms with van der Waals surface area (Å²) in [5, 5.41) is 20.8. The molecule has 0 aliphatic carbocycles. The Balaban J connectivity index is 2.07. The van der Waals surface area contributed by atoms with Gasteiger partial charge < -0.3 is 4.90 Å². The molecule has 6 heteroatoms. The van der Waals surface area contributed by atoms with Gasteiger partial charge in [-0.05, 0) is 19.2 Å². The molecule has 116 valence electrons. The van der Waals surface area contributed by atoms with Crippen molar-refractivity contribution in [1.29, 1.82) is 5.26 Å². The first-order valence-corrected chi connectivity index (χ1v) is 7.29. The Hall–Kier alpha value is -2.91. The topological polar surface area (TPSA) is 73.4 Å². The van der Waals surface area contributed by atoms with Gasteiger partial charge in [-0.2, -0.15) is 5.26 Å². The van der Waals surface area contributed by atoms with Crippen molar-refractivity contribution < 1.29 is 4.92 Å². The van der Waals surface area contributed by atoms with E-state index < -0.39 is 10.6 Å². The van der Waals surface area contributed by atoms with Crippen LogP contribution in [0.4, 0.5) is 11.4 Å². The highest BCUT2D eigenvalue weighted by Crippen LogP contribution is 2.39. The van der Waals surface area contributed by atoms with Crippen LogP contribution in [0, 0.1) is 21.4 Å². The minimum absolute atomic E-state index is 0.0450. The van der Waals surface area contributed by atoms with E-state index in [1.807, 2.05) is 47.2 Å². The lowest BCUT2D eigenvalue weighted by molar-refractivity contribution is -0.384. The van der Waals surface area contributed by atoms with Crippen molar-refractivity contribution >= 4 is 11.4 Å². The molecule has 6 nitrogen and oxygen atoms in total. The monoisotopic (exact) mass is 308 g/mol. The lowest BCUT2D eigenvalue weighted by Gasteiger charge is -2.38. The maximum atomic E-state index is 10.8. The molecule has 0 amide bonds. The van der Waals surface area contributed by atoms with Crippen LogP contribution in [-0.4, -0.2) is 30.0 Å². The number of rotatable bonds is 3. The van der Waals surface area contributed by atoms with Crippen molar-refractivity contribution in [2.45, 2.75) is 5.66 Å². The molecule has 1 fully saturated rings. The second-order valence-electron chi connectivity index (χ2n) is 5.50. The van der Waals surface area contributed by atoms with Gasteiger partial charge in [-0.3, -0.25) is 15.0 Å². The van der Waals surface area contributed by atoms with Crippen molar-refractivity contribution in [2.75, 3.05) is 25.0 Å². The Morgan fingerprint density at radius 1 is 1.13 bits per heavy atom. The van der Waals surface area contributed by atoms with Crippen molar-refractivity contribution in [1.82, 2.24) is 4.90 Å². The first-order valence-electron chi connectivity index (χ1n) is 7.29. The van der Waals surface area contributed by atoms with Crippen LogP contribution in [0.1, 0.15) is 5.56 Å². The van der Waals surface area contributed by atoms with E-state index in [1.54, 1.807) is 12.1 Å². The fourth-order valence-electron chi connectivity index (χ4n) is 3.11. The fraction of sp³-hybridized carbons (Fsp3) is 0.235. The molecule has 1 saturated heterocycles. The summed E-state index contributed by atoms with van der Waals surface area (Å²) in [4.78, 5) is 14.4. The Bertz CT molecular complexity index is 754. The number of hydrogen-bond donors (Lipinski definition) is 0. The van der Waals surface area contributed by atoms with Crippen molar-refractivity contribution in [2.24, 2.45) is 0 Å². The third-order valence-corrected chi connectivity index (χ3v) is 4.31. The fourth-order valence-corrected chi connectivity index (χ4v) is 3.11. The second-order valence-corrected chi connectivity index (χ2v) is 5.50. The Morgan fingerprint density at radius 2 is 1.78 bits per heavy atom. The van der Waals surface area contributed by atoms with E-state index in [0.717, 1.165) is 17.8 Å². The third kappa shape index (κ3) is 2.31. The van der Waals surface area contributed by atoms with Gasteiger partial charge in [0.05, 0.1) is 4.92 Å². The first-order chi connectivity index (χ1) is 11.1. The summed E-state index contributed by atoms with van der Waals surface area (Å²) in [5.74, 6) is 0. The van der Waals surface area contributed by atoms with E-state index in [4.69, 9.17) is 0 Å². The van der Waals surface area contributed by atoms with Crippen LogP contribution in [0.2, 0.25) is 0 Å². The normalized spacial score (nSPS) is 21.1. The molecule has 0 radical (unpaired) electrons. The summed E-state index contributed by atoms with van der Waals surface area (Å²) >= 11 is 0. The van der Waals surface area contributed by atoms with Gasteiger partial charge in [-0.15, -0.1) is 0 Å². The third-order valence-electron chi connectivity index (χ3n) is 4.31. The number of nitrogens with zero attached hydrogens (tertiary/aromatic N) is 4. The minimum Gasteiger partial charge on any atom is -0.336 e. The molecule has 0 aromatic heterocycles. The van der Waals surface area contributed by atoms with Gasteiger partial charge in [0.15, 0.2) is 0 Å². The minimum atomic E-state index is -0.905. The molecular weight excluding hydrogens is 292 g/mol. The van der Waals surface area contributed by atoms with Gasteiger partial charge in [0.1, 0.15) is 6.07 Å². The highest BCUT2D eigenvalue weighted by molar-refractivity contribution is 5.57. The van der Waals surface area contributed by atoms with E-state index >= 15 is 0 Å². The summed E-state index contributed by atoms with van der Waals surface area (Å²) in [6, 6.07) is 18.4. The van der Waals surface area contributed by atoms with Gasteiger partial charge >= 0.3 is 0 Å². The lowest BCUT2D eigenvalue weighted by Crippen LogP contribution is -2.48. The summed E-state index contributed by atoms with van der Waals surface area (Å²) in [6.45, 7) is 1.41.